The summed E-state index contributed by atoms with van der Waals surface area (Å²) in [5, 5.41) is 0. The highest BCUT2D eigenvalue weighted by atomic mass is 32.2. The predicted octanol–water partition coefficient (Wildman–Crippen LogP) is 4.49. The largest absolute Gasteiger partial charge is 0.296 e. The van der Waals surface area contributed by atoms with E-state index in [0.29, 0.717) is 6.54 Å². The molecule has 0 aliphatic rings. The van der Waals surface area contributed by atoms with Gasteiger partial charge in [0.15, 0.2) is 5.78 Å². The molecule has 0 saturated carbocycles. The Morgan fingerprint density at radius 2 is 1.60 bits per heavy atom. The molecule has 2 nitrogen and oxygen atoms in total. The molecule has 0 bridgehead atoms. The van der Waals surface area contributed by atoms with Gasteiger partial charge in [0, 0.05) is 10.5 Å². The van der Waals surface area contributed by atoms with Gasteiger partial charge < -0.3 is 0 Å². The Bertz CT molecular complexity index is 380. The summed E-state index contributed by atoms with van der Waals surface area (Å²) < 4.78 is 0. The minimum Gasteiger partial charge on any atom is -0.296 e. The summed E-state index contributed by atoms with van der Waals surface area (Å²) in [6.45, 7) is 7.01. The van der Waals surface area contributed by atoms with Crippen LogP contribution in [0.2, 0.25) is 0 Å². The zero-order valence-corrected chi connectivity index (χ0v) is 13.8. The SMILES string of the molecule is CCCCN(CCCC)CC(=O)c1ccc(SC)cc1. The van der Waals surface area contributed by atoms with Crippen LogP contribution >= 0.6 is 11.8 Å². The fraction of sp³-hybridized carbons (Fsp3) is 0.588. The van der Waals surface area contributed by atoms with Crippen LogP contribution in [0.5, 0.6) is 0 Å². The first kappa shape index (κ1) is 17.3. The molecule has 112 valence electrons. The zero-order chi connectivity index (χ0) is 14.8. The summed E-state index contributed by atoms with van der Waals surface area (Å²) in [7, 11) is 0. The van der Waals surface area contributed by atoms with Crippen molar-refractivity contribution in [3.8, 4) is 0 Å². The second-order valence-corrected chi connectivity index (χ2v) is 6.01. The molecule has 3 heteroatoms. The van der Waals surface area contributed by atoms with E-state index in [1.54, 1.807) is 11.8 Å². The van der Waals surface area contributed by atoms with Gasteiger partial charge in [0.1, 0.15) is 0 Å². The molecule has 0 N–H and O–H groups in total. The number of carbonyl (C=O) groups excluding carboxylic acids is 1. The third-order valence-electron chi connectivity index (χ3n) is 3.43. The third-order valence-corrected chi connectivity index (χ3v) is 4.18. The molecule has 1 aromatic rings. The van der Waals surface area contributed by atoms with Gasteiger partial charge in [0.2, 0.25) is 0 Å². The molecular weight excluding hydrogens is 266 g/mol. The molecule has 20 heavy (non-hydrogen) atoms. The quantitative estimate of drug-likeness (QED) is 0.468. The predicted molar refractivity (Wildman–Crippen MR) is 88.8 cm³/mol. The first-order valence-corrected chi connectivity index (χ1v) is 8.83. The Kier molecular flexibility index (Phi) is 8.63. The van der Waals surface area contributed by atoms with E-state index in [-0.39, 0.29) is 5.78 Å². The van der Waals surface area contributed by atoms with E-state index in [0.717, 1.165) is 18.7 Å². The third kappa shape index (κ3) is 6.10. The van der Waals surface area contributed by atoms with Gasteiger partial charge in [0.05, 0.1) is 6.54 Å². The fourth-order valence-corrected chi connectivity index (χ4v) is 2.51. The lowest BCUT2D eigenvalue weighted by Gasteiger charge is -2.21. The Balaban J connectivity index is 2.58. The van der Waals surface area contributed by atoms with E-state index in [1.165, 1.54) is 30.6 Å². The van der Waals surface area contributed by atoms with Gasteiger partial charge in [-0.05, 0) is 44.3 Å². The average molecular weight is 293 g/mol. The zero-order valence-electron chi connectivity index (χ0n) is 13.0. The highest BCUT2D eigenvalue weighted by molar-refractivity contribution is 7.98. The molecule has 0 aliphatic heterocycles. The number of hydrogen-bond acceptors (Lipinski definition) is 3. The lowest BCUT2D eigenvalue weighted by molar-refractivity contribution is 0.0928. The molecule has 0 unspecified atom stereocenters. The van der Waals surface area contributed by atoms with Crippen molar-refractivity contribution in [3.05, 3.63) is 29.8 Å². The number of nitrogens with zero attached hydrogens (tertiary/aromatic N) is 1. The minimum absolute atomic E-state index is 0.241. The van der Waals surface area contributed by atoms with Gasteiger partial charge in [-0.1, -0.05) is 38.8 Å². The van der Waals surface area contributed by atoms with Crippen LogP contribution in [0.1, 0.15) is 49.9 Å². The van der Waals surface area contributed by atoms with Crippen LogP contribution in [0.25, 0.3) is 0 Å². The lowest BCUT2D eigenvalue weighted by atomic mass is 10.1. The van der Waals surface area contributed by atoms with Gasteiger partial charge in [-0.3, -0.25) is 9.69 Å². The molecule has 1 aromatic carbocycles. The molecule has 0 aromatic heterocycles. The molecule has 0 atom stereocenters. The Labute approximate surface area is 127 Å². The highest BCUT2D eigenvalue weighted by Crippen LogP contribution is 2.15. The second kappa shape index (κ2) is 10.0. The van der Waals surface area contributed by atoms with Crippen molar-refractivity contribution in [2.24, 2.45) is 0 Å². The maximum atomic E-state index is 12.3. The van der Waals surface area contributed by atoms with Gasteiger partial charge in [-0.2, -0.15) is 0 Å². The minimum atomic E-state index is 0.241. The lowest BCUT2D eigenvalue weighted by Crippen LogP contribution is -2.31. The topological polar surface area (TPSA) is 20.3 Å². The van der Waals surface area contributed by atoms with Gasteiger partial charge in [-0.25, -0.2) is 0 Å². The first-order chi connectivity index (χ1) is 9.71. The number of hydrogen-bond donors (Lipinski definition) is 0. The molecular formula is C17H27NOS. The molecule has 0 saturated heterocycles. The van der Waals surface area contributed by atoms with Crippen molar-refractivity contribution in [1.82, 2.24) is 4.90 Å². The average Bonchev–Trinajstić information content (AvgIpc) is 2.49. The van der Waals surface area contributed by atoms with Gasteiger partial charge in [-0.15, -0.1) is 11.8 Å². The summed E-state index contributed by atoms with van der Waals surface area (Å²) in [6, 6.07) is 7.96. The van der Waals surface area contributed by atoms with Crippen molar-refractivity contribution in [3.63, 3.8) is 0 Å². The van der Waals surface area contributed by atoms with E-state index < -0.39 is 0 Å². The van der Waals surface area contributed by atoms with Crippen LogP contribution in [-0.2, 0) is 0 Å². The normalized spacial score (nSPS) is 11.0. The molecule has 0 fully saturated rings. The first-order valence-electron chi connectivity index (χ1n) is 7.60. The smallest absolute Gasteiger partial charge is 0.176 e. The fourth-order valence-electron chi connectivity index (χ4n) is 2.10. The van der Waals surface area contributed by atoms with Crippen LogP contribution in [0.3, 0.4) is 0 Å². The highest BCUT2D eigenvalue weighted by Gasteiger charge is 2.11. The Hall–Kier alpha value is -0.800. The monoisotopic (exact) mass is 293 g/mol. The number of Topliss-reactive ketones (excluding diaryl/α,β-unsaturated/α-hetero) is 1. The summed E-state index contributed by atoms with van der Waals surface area (Å²) in [4.78, 5) is 15.8. The van der Waals surface area contributed by atoms with Gasteiger partial charge in [0.25, 0.3) is 0 Å². The van der Waals surface area contributed by atoms with Crippen LogP contribution in [0.4, 0.5) is 0 Å². The van der Waals surface area contributed by atoms with Crippen molar-refractivity contribution in [2.75, 3.05) is 25.9 Å². The standard InChI is InChI=1S/C17H27NOS/c1-4-6-12-18(13-7-5-2)14-17(19)15-8-10-16(20-3)11-9-15/h8-11H,4-7,12-14H2,1-3H3. The van der Waals surface area contributed by atoms with E-state index in [4.69, 9.17) is 0 Å². The van der Waals surface area contributed by atoms with E-state index in [2.05, 4.69) is 18.7 Å². The van der Waals surface area contributed by atoms with Crippen molar-refractivity contribution >= 4 is 17.5 Å². The van der Waals surface area contributed by atoms with Gasteiger partial charge >= 0.3 is 0 Å². The number of rotatable bonds is 10. The van der Waals surface area contributed by atoms with Crippen molar-refractivity contribution in [1.29, 1.82) is 0 Å². The second-order valence-electron chi connectivity index (χ2n) is 5.13. The number of carbonyl (C=O) groups is 1. The molecule has 0 heterocycles. The summed E-state index contributed by atoms with van der Waals surface area (Å²) in [5.41, 5.74) is 0.834. The van der Waals surface area contributed by atoms with E-state index >= 15 is 0 Å². The molecule has 0 aliphatic carbocycles. The van der Waals surface area contributed by atoms with Crippen molar-refractivity contribution in [2.45, 2.75) is 44.4 Å². The molecule has 0 radical (unpaired) electrons. The van der Waals surface area contributed by atoms with Crippen LogP contribution in [0, 0.1) is 0 Å². The Morgan fingerprint density at radius 3 is 2.05 bits per heavy atom. The summed E-state index contributed by atoms with van der Waals surface area (Å²) >= 11 is 1.70. The van der Waals surface area contributed by atoms with Crippen LogP contribution in [-0.4, -0.2) is 36.6 Å². The number of ketones is 1. The van der Waals surface area contributed by atoms with E-state index in [9.17, 15) is 4.79 Å². The number of unbranched alkanes of at least 4 members (excludes halogenated alkanes) is 2. The number of benzene rings is 1. The van der Waals surface area contributed by atoms with Crippen LogP contribution in [0.15, 0.2) is 29.2 Å². The molecule has 0 spiro atoms. The molecule has 0 amide bonds. The summed E-state index contributed by atoms with van der Waals surface area (Å²) in [6.07, 6.45) is 6.75. The maximum Gasteiger partial charge on any atom is 0.176 e. The van der Waals surface area contributed by atoms with E-state index in [1.807, 2.05) is 30.5 Å². The Morgan fingerprint density at radius 1 is 1.05 bits per heavy atom. The maximum absolute atomic E-state index is 12.3. The van der Waals surface area contributed by atoms with Crippen molar-refractivity contribution < 1.29 is 4.79 Å². The van der Waals surface area contributed by atoms with Crippen LogP contribution < -0.4 is 0 Å². The summed E-state index contributed by atoms with van der Waals surface area (Å²) in [5.74, 6) is 0.241. The molecule has 1 rings (SSSR count). The number of thioether (sulfide) groups is 1.